The molecule has 0 amide bonds. The van der Waals surface area contributed by atoms with Gasteiger partial charge in [-0.15, -0.1) is 11.3 Å². The summed E-state index contributed by atoms with van der Waals surface area (Å²) in [6, 6.07) is 15.6. The highest BCUT2D eigenvalue weighted by molar-refractivity contribution is 7.17. The Hall–Kier alpha value is -3.05. The average Bonchev–Trinajstić information content (AvgIpc) is 3.15. The first-order chi connectivity index (χ1) is 13.6. The van der Waals surface area contributed by atoms with Crippen LogP contribution in [0.2, 0.25) is 0 Å². The molecular formula is C23H20N2O2S. The number of aromatic nitrogens is 2. The van der Waals surface area contributed by atoms with Crippen LogP contribution in [0, 0.1) is 6.92 Å². The fourth-order valence-corrected chi connectivity index (χ4v) is 4.10. The van der Waals surface area contributed by atoms with Crippen LogP contribution in [-0.2, 0) is 13.0 Å². The number of hydrogen-bond donors (Lipinski definition) is 0. The van der Waals surface area contributed by atoms with Gasteiger partial charge >= 0.3 is 0 Å². The van der Waals surface area contributed by atoms with Gasteiger partial charge in [0.2, 0.25) is 0 Å². The van der Waals surface area contributed by atoms with E-state index in [0.29, 0.717) is 15.8 Å². The van der Waals surface area contributed by atoms with Crippen LogP contribution in [0.3, 0.4) is 0 Å². The molecule has 2 aromatic heterocycles. The van der Waals surface area contributed by atoms with Crippen LogP contribution in [-0.4, -0.2) is 15.3 Å². The fraction of sp³-hybridized carbons (Fsp3) is 0.174. The third-order valence-corrected chi connectivity index (χ3v) is 5.81. The monoisotopic (exact) mass is 388 g/mol. The Labute approximate surface area is 167 Å². The summed E-state index contributed by atoms with van der Waals surface area (Å²) in [5, 5.41) is 2.53. The van der Waals surface area contributed by atoms with Gasteiger partial charge in [-0.1, -0.05) is 61.0 Å². The van der Waals surface area contributed by atoms with Crippen LogP contribution in [0.15, 0.2) is 65.0 Å². The lowest BCUT2D eigenvalue weighted by Gasteiger charge is -2.07. The molecule has 0 N–H and O–H groups in total. The summed E-state index contributed by atoms with van der Waals surface area (Å²) in [6.45, 7) is 4.09. The summed E-state index contributed by atoms with van der Waals surface area (Å²) >= 11 is 1.45. The Morgan fingerprint density at radius 2 is 1.79 bits per heavy atom. The normalized spacial score (nSPS) is 11.1. The van der Waals surface area contributed by atoms with Crippen molar-refractivity contribution in [3.8, 4) is 11.1 Å². The summed E-state index contributed by atoms with van der Waals surface area (Å²) < 4.78 is 1.41. The number of nitrogens with zero attached hydrogens (tertiary/aromatic N) is 2. The zero-order valence-corrected chi connectivity index (χ0v) is 16.6. The van der Waals surface area contributed by atoms with E-state index in [9.17, 15) is 9.59 Å². The van der Waals surface area contributed by atoms with Crippen molar-refractivity contribution < 1.29 is 4.79 Å². The average molecular weight is 388 g/mol. The van der Waals surface area contributed by atoms with Crippen molar-refractivity contribution >= 4 is 27.3 Å². The van der Waals surface area contributed by atoms with Gasteiger partial charge in [0, 0.05) is 16.5 Å². The fourth-order valence-electron chi connectivity index (χ4n) is 3.20. The van der Waals surface area contributed by atoms with Gasteiger partial charge < -0.3 is 0 Å². The summed E-state index contributed by atoms with van der Waals surface area (Å²) in [5.74, 6) is -0.0991. The number of aryl methyl sites for hydroxylation is 2. The number of carbonyl (C=O) groups excluding carboxylic acids is 1. The van der Waals surface area contributed by atoms with Gasteiger partial charge in [-0.05, 0) is 24.5 Å². The molecular weight excluding hydrogens is 368 g/mol. The van der Waals surface area contributed by atoms with E-state index < -0.39 is 0 Å². The molecule has 2 heterocycles. The van der Waals surface area contributed by atoms with Crippen molar-refractivity contribution in [3.63, 3.8) is 0 Å². The van der Waals surface area contributed by atoms with E-state index in [1.165, 1.54) is 33.4 Å². The maximum atomic E-state index is 13.1. The predicted molar refractivity (Wildman–Crippen MR) is 114 cm³/mol. The highest BCUT2D eigenvalue weighted by Gasteiger charge is 2.15. The first-order valence-electron chi connectivity index (χ1n) is 9.22. The minimum absolute atomic E-state index is 0.0174. The topological polar surface area (TPSA) is 52.0 Å². The van der Waals surface area contributed by atoms with Crippen LogP contribution in [0.25, 0.3) is 21.3 Å². The van der Waals surface area contributed by atoms with Crippen molar-refractivity contribution in [2.24, 2.45) is 0 Å². The Morgan fingerprint density at radius 3 is 2.46 bits per heavy atom. The van der Waals surface area contributed by atoms with Gasteiger partial charge in [-0.2, -0.15) is 0 Å². The zero-order valence-electron chi connectivity index (χ0n) is 15.8. The van der Waals surface area contributed by atoms with E-state index >= 15 is 0 Å². The number of rotatable bonds is 5. The third kappa shape index (κ3) is 3.41. The maximum absolute atomic E-state index is 13.1. The summed E-state index contributed by atoms with van der Waals surface area (Å²) in [4.78, 5) is 30.8. The molecule has 28 heavy (non-hydrogen) atoms. The number of fused-ring (bicyclic) bond motifs is 1. The molecule has 0 bridgehead atoms. The Balaban J connectivity index is 1.71. The van der Waals surface area contributed by atoms with E-state index in [-0.39, 0.29) is 17.9 Å². The van der Waals surface area contributed by atoms with Crippen LogP contribution in [0.1, 0.15) is 28.4 Å². The summed E-state index contributed by atoms with van der Waals surface area (Å²) in [5.41, 5.74) is 4.62. The van der Waals surface area contributed by atoms with Gasteiger partial charge in [0.05, 0.1) is 18.3 Å². The third-order valence-electron chi connectivity index (χ3n) is 4.92. The van der Waals surface area contributed by atoms with Gasteiger partial charge in [-0.3, -0.25) is 14.2 Å². The zero-order chi connectivity index (χ0) is 19.7. The smallest absolute Gasteiger partial charge is 0.263 e. The van der Waals surface area contributed by atoms with Crippen molar-refractivity contribution in [2.45, 2.75) is 26.8 Å². The second-order valence-corrected chi connectivity index (χ2v) is 7.70. The molecule has 140 valence electrons. The Bertz CT molecular complexity index is 1200. The number of ketones is 1. The summed E-state index contributed by atoms with van der Waals surface area (Å²) in [7, 11) is 0. The molecule has 0 aliphatic rings. The molecule has 0 unspecified atom stereocenters. The number of benzene rings is 2. The highest BCUT2D eigenvalue weighted by atomic mass is 32.1. The second-order valence-electron chi connectivity index (χ2n) is 6.85. The van der Waals surface area contributed by atoms with Crippen molar-refractivity contribution in [2.75, 3.05) is 0 Å². The molecule has 0 atom stereocenters. The van der Waals surface area contributed by atoms with Gasteiger partial charge in [0.1, 0.15) is 4.83 Å². The molecule has 2 aromatic carbocycles. The lowest BCUT2D eigenvalue weighted by molar-refractivity contribution is 0.0970. The SMILES string of the molecule is CCc1ccc(C(=O)Cn2cnc3scc(-c4ccc(C)cc4)c3c2=O)cc1. The first kappa shape index (κ1) is 18.3. The van der Waals surface area contributed by atoms with Crippen molar-refractivity contribution in [1.29, 1.82) is 0 Å². The number of thiophene rings is 1. The number of Topliss-reactive ketones (excluding diaryl/α,β-unsaturated/α-hetero) is 1. The summed E-state index contributed by atoms with van der Waals surface area (Å²) in [6.07, 6.45) is 2.40. The van der Waals surface area contributed by atoms with Crippen LogP contribution >= 0.6 is 11.3 Å². The number of hydrogen-bond acceptors (Lipinski definition) is 4. The van der Waals surface area contributed by atoms with E-state index in [1.54, 1.807) is 0 Å². The molecule has 0 radical (unpaired) electrons. The molecule has 5 heteroatoms. The predicted octanol–water partition coefficient (Wildman–Crippen LogP) is 4.88. The lowest BCUT2D eigenvalue weighted by Crippen LogP contribution is -2.24. The highest BCUT2D eigenvalue weighted by Crippen LogP contribution is 2.30. The van der Waals surface area contributed by atoms with E-state index in [0.717, 1.165) is 17.5 Å². The molecule has 4 aromatic rings. The van der Waals surface area contributed by atoms with E-state index in [1.807, 2.05) is 60.8 Å². The van der Waals surface area contributed by atoms with E-state index in [2.05, 4.69) is 11.9 Å². The number of carbonyl (C=O) groups is 1. The van der Waals surface area contributed by atoms with Crippen molar-refractivity contribution in [3.05, 3.63) is 87.3 Å². The second kappa shape index (κ2) is 7.52. The van der Waals surface area contributed by atoms with Gasteiger partial charge in [0.15, 0.2) is 5.78 Å². The molecule has 0 saturated carbocycles. The molecule has 0 aliphatic carbocycles. The Kier molecular flexibility index (Phi) is 4.92. The minimum atomic E-state index is -0.180. The molecule has 0 saturated heterocycles. The van der Waals surface area contributed by atoms with E-state index in [4.69, 9.17) is 0 Å². The maximum Gasteiger partial charge on any atom is 0.263 e. The Morgan fingerprint density at radius 1 is 1.07 bits per heavy atom. The van der Waals surface area contributed by atoms with Crippen LogP contribution in [0.5, 0.6) is 0 Å². The molecule has 4 rings (SSSR count). The quantitative estimate of drug-likeness (QED) is 0.458. The minimum Gasteiger partial charge on any atom is -0.292 e. The standard InChI is InChI=1S/C23H20N2O2S/c1-3-16-6-10-18(11-7-16)20(26)12-25-14-24-22-21(23(25)27)19(13-28-22)17-8-4-15(2)5-9-17/h4-11,13-14H,3,12H2,1-2H3. The van der Waals surface area contributed by atoms with Gasteiger partial charge in [0.25, 0.3) is 5.56 Å². The van der Waals surface area contributed by atoms with Crippen LogP contribution in [0.4, 0.5) is 0 Å². The van der Waals surface area contributed by atoms with Crippen LogP contribution < -0.4 is 5.56 Å². The lowest BCUT2D eigenvalue weighted by atomic mass is 10.0. The largest absolute Gasteiger partial charge is 0.292 e. The molecule has 0 aliphatic heterocycles. The first-order valence-corrected chi connectivity index (χ1v) is 10.1. The molecule has 0 spiro atoms. The molecule has 4 nitrogen and oxygen atoms in total. The molecule has 0 fully saturated rings. The van der Waals surface area contributed by atoms with Gasteiger partial charge in [-0.25, -0.2) is 4.98 Å². The van der Waals surface area contributed by atoms with Crippen molar-refractivity contribution in [1.82, 2.24) is 9.55 Å².